The van der Waals surface area contributed by atoms with Crippen molar-refractivity contribution in [1.29, 1.82) is 0 Å². The Morgan fingerprint density at radius 2 is 1.93 bits per heavy atom. The van der Waals surface area contributed by atoms with Gasteiger partial charge in [0.1, 0.15) is 6.04 Å². The fourth-order valence-corrected chi connectivity index (χ4v) is 3.45. The van der Waals surface area contributed by atoms with E-state index in [4.69, 9.17) is 0 Å². The smallest absolute Gasteiger partial charge is 0.325 e. The van der Waals surface area contributed by atoms with Gasteiger partial charge in [-0.25, -0.2) is 0 Å². The van der Waals surface area contributed by atoms with Gasteiger partial charge in [0, 0.05) is 31.7 Å². The topological polar surface area (TPSA) is 90.5 Å². The Morgan fingerprint density at radius 3 is 2.57 bits per heavy atom. The average molecular weight is 398 g/mol. The Balaban J connectivity index is 1.58. The van der Waals surface area contributed by atoms with Gasteiger partial charge in [-0.1, -0.05) is 12.1 Å². The number of piperazine rings is 1. The summed E-state index contributed by atoms with van der Waals surface area (Å²) in [6, 6.07) is 4.83. The van der Waals surface area contributed by atoms with Crippen LogP contribution in [0.25, 0.3) is 0 Å². The number of rotatable bonds is 4. The van der Waals surface area contributed by atoms with Gasteiger partial charge in [-0.3, -0.25) is 24.6 Å². The zero-order valence-electron chi connectivity index (χ0n) is 15.0. The van der Waals surface area contributed by atoms with E-state index in [1.54, 1.807) is 24.3 Å². The van der Waals surface area contributed by atoms with E-state index in [2.05, 4.69) is 16.0 Å². The van der Waals surface area contributed by atoms with Crippen LogP contribution in [0.2, 0.25) is 0 Å². The zero-order chi connectivity index (χ0) is 20.3. The normalized spacial score (nSPS) is 24.0. The van der Waals surface area contributed by atoms with Gasteiger partial charge in [0.25, 0.3) is 0 Å². The van der Waals surface area contributed by atoms with E-state index in [1.165, 1.54) is 0 Å². The van der Waals surface area contributed by atoms with Crippen molar-refractivity contribution in [3.8, 4) is 0 Å². The number of halogens is 3. The van der Waals surface area contributed by atoms with Crippen molar-refractivity contribution >= 4 is 23.4 Å². The van der Waals surface area contributed by atoms with Crippen molar-refractivity contribution in [3.05, 3.63) is 29.8 Å². The van der Waals surface area contributed by atoms with E-state index in [0.717, 1.165) is 4.90 Å². The third-order valence-electron chi connectivity index (χ3n) is 4.91. The van der Waals surface area contributed by atoms with Crippen molar-refractivity contribution in [2.75, 3.05) is 31.5 Å². The molecule has 2 atom stereocenters. The molecule has 3 rings (SSSR count). The standard InChI is InChI=1S/C18H21F3N4O3/c19-18(20,21)14-9-22-7-8-25(14)10-16(27)23-12-3-1-11(2-4-12)13-5-6-15(26)24-17(13)28/h1-4,13-14,22H,5-10H2,(H,23,27)(H,24,26,28)/t13?,14-/m1/s1. The first-order chi connectivity index (χ1) is 13.2. The van der Waals surface area contributed by atoms with E-state index in [0.29, 0.717) is 24.2 Å². The van der Waals surface area contributed by atoms with Crippen LogP contribution in [0, 0.1) is 0 Å². The van der Waals surface area contributed by atoms with Gasteiger partial charge >= 0.3 is 6.18 Å². The molecule has 152 valence electrons. The third kappa shape index (κ3) is 4.87. The highest BCUT2D eigenvalue weighted by molar-refractivity contribution is 6.01. The van der Waals surface area contributed by atoms with Crippen molar-refractivity contribution in [1.82, 2.24) is 15.5 Å². The van der Waals surface area contributed by atoms with Gasteiger partial charge in [-0.2, -0.15) is 13.2 Å². The Labute approximate surface area is 159 Å². The lowest BCUT2D eigenvalue weighted by molar-refractivity contribution is -0.187. The fraction of sp³-hybridized carbons (Fsp3) is 0.500. The highest BCUT2D eigenvalue weighted by atomic mass is 19.4. The molecule has 0 aliphatic carbocycles. The maximum absolute atomic E-state index is 13.1. The number of nitrogens with zero attached hydrogens (tertiary/aromatic N) is 1. The summed E-state index contributed by atoms with van der Waals surface area (Å²) in [6.45, 7) is -0.0786. The second kappa shape index (κ2) is 8.27. The van der Waals surface area contributed by atoms with Crippen molar-refractivity contribution in [3.63, 3.8) is 0 Å². The maximum atomic E-state index is 13.1. The molecule has 2 heterocycles. The van der Waals surface area contributed by atoms with Crippen LogP contribution in [-0.4, -0.2) is 61.0 Å². The minimum atomic E-state index is -4.41. The van der Waals surface area contributed by atoms with Crippen LogP contribution in [0.5, 0.6) is 0 Å². The quantitative estimate of drug-likeness (QED) is 0.658. The van der Waals surface area contributed by atoms with Crippen molar-refractivity contribution < 1.29 is 27.6 Å². The predicted molar refractivity (Wildman–Crippen MR) is 94.5 cm³/mol. The molecule has 2 fully saturated rings. The summed E-state index contributed by atoms with van der Waals surface area (Å²) in [5.41, 5.74) is 1.14. The monoisotopic (exact) mass is 398 g/mol. The van der Waals surface area contributed by atoms with Crippen LogP contribution < -0.4 is 16.0 Å². The first-order valence-electron chi connectivity index (χ1n) is 8.99. The van der Waals surface area contributed by atoms with E-state index >= 15 is 0 Å². The molecule has 0 spiro atoms. The third-order valence-corrected chi connectivity index (χ3v) is 4.91. The van der Waals surface area contributed by atoms with Gasteiger partial charge in [0.2, 0.25) is 17.7 Å². The van der Waals surface area contributed by atoms with E-state index in [9.17, 15) is 27.6 Å². The number of imide groups is 1. The van der Waals surface area contributed by atoms with Gasteiger partial charge < -0.3 is 10.6 Å². The summed E-state index contributed by atoms with van der Waals surface area (Å²) in [7, 11) is 0. The number of nitrogens with one attached hydrogen (secondary N) is 3. The van der Waals surface area contributed by atoms with Gasteiger partial charge in [0.15, 0.2) is 0 Å². The van der Waals surface area contributed by atoms with Crippen molar-refractivity contribution in [2.24, 2.45) is 0 Å². The highest BCUT2D eigenvalue weighted by Gasteiger charge is 2.45. The number of anilines is 1. The molecular weight excluding hydrogens is 377 g/mol. The molecule has 10 heteroatoms. The van der Waals surface area contributed by atoms with E-state index in [1.807, 2.05) is 0 Å². The molecular formula is C18H21F3N4O3. The number of benzene rings is 1. The molecule has 0 radical (unpaired) electrons. The summed E-state index contributed by atoms with van der Waals surface area (Å²) in [6.07, 6.45) is -3.73. The van der Waals surface area contributed by atoms with Crippen LogP contribution in [0.15, 0.2) is 24.3 Å². The molecule has 7 nitrogen and oxygen atoms in total. The molecule has 1 aromatic rings. The summed E-state index contributed by atoms with van der Waals surface area (Å²) >= 11 is 0. The molecule has 2 aliphatic heterocycles. The fourth-order valence-electron chi connectivity index (χ4n) is 3.45. The number of carbonyl (C=O) groups is 3. The lowest BCUT2D eigenvalue weighted by atomic mass is 9.90. The number of hydrogen-bond donors (Lipinski definition) is 3. The van der Waals surface area contributed by atoms with E-state index < -0.39 is 24.0 Å². The SMILES string of the molecule is O=C1CCC(c2ccc(NC(=O)CN3CCNC[C@@H]3C(F)(F)F)cc2)C(=O)N1. The first kappa shape index (κ1) is 20.3. The second-order valence-corrected chi connectivity index (χ2v) is 6.91. The molecule has 0 aromatic heterocycles. The lowest BCUT2D eigenvalue weighted by Crippen LogP contribution is -2.59. The van der Waals surface area contributed by atoms with Crippen LogP contribution in [0.1, 0.15) is 24.3 Å². The number of alkyl halides is 3. The maximum Gasteiger partial charge on any atom is 0.405 e. The molecule has 3 amide bonds. The molecule has 28 heavy (non-hydrogen) atoms. The van der Waals surface area contributed by atoms with Crippen LogP contribution >= 0.6 is 0 Å². The summed E-state index contributed by atoms with van der Waals surface area (Å²) in [5, 5.41) is 7.56. The summed E-state index contributed by atoms with van der Waals surface area (Å²) in [5.74, 6) is -1.62. The first-order valence-corrected chi connectivity index (χ1v) is 8.99. The predicted octanol–water partition coefficient (Wildman–Crippen LogP) is 0.981. The molecule has 2 aliphatic rings. The zero-order valence-corrected chi connectivity index (χ0v) is 15.0. The molecule has 1 unspecified atom stereocenters. The number of hydrogen-bond acceptors (Lipinski definition) is 5. The van der Waals surface area contributed by atoms with Crippen LogP contribution in [0.4, 0.5) is 18.9 Å². The van der Waals surface area contributed by atoms with E-state index in [-0.39, 0.29) is 37.9 Å². The van der Waals surface area contributed by atoms with Crippen LogP contribution in [-0.2, 0) is 14.4 Å². The summed E-state index contributed by atoms with van der Waals surface area (Å²) in [4.78, 5) is 36.4. The molecule has 0 saturated carbocycles. The number of amides is 3. The summed E-state index contributed by atoms with van der Waals surface area (Å²) < 4.78 is 39.2. The van der Waals surface area contributed by atoms with Gasteiger partial charge in [-0.15, -0.1) is 0 Å². The van der Waals surface area contributed by atoms with Gasteiger partial charge in [-0.05, 0) is 24.1 Å². The number of piperidine rings is 1. The Hall–Kier alpha value is -2.46. The minimum Gasteiger partial charge on any atom is -0.325 e. The Morgan fingerprint density at radius 1 is 1.21 bits per heavy atom. The average Bonchev–Trinajstić information content (AvgIpc) is 2.62. The number of carbonyl (C=O) groups excluding carboxylic acids is 3. The largest absolute Gasteiger partial charge is 0.405 e. The minimum absolute atomic E-state index is 0.131. The van der Waals surface area contributed by atoms with Crippen molar-refractivity contribution in [2.45, 2.75) is 31.0 Å². The highest BCUT2D eigenvalue weighted by Crippen LogP contribution is 2.27. The molecule has 3 N–H and O–H groups in total. The Kier molecular flexibility index (Phi) is 5.99. The Bertz CT molecular complexity index is 751. The lowest BCUT2D eigenvalue weighted by Gasteiger charge is -2.36. The van der Waals surface area contributed by atoms with Crippen LogP contribution in [0.3, 0.4) is 0 Å². The molecule has 2 saturated heterocycles. The second-order valence-electron chi connectivity index (χ2n) is 6.91. The molecule has 0 bridgehead atoms. The molecule has 1 aromatic carbocycles. The van der Waals surface area contributed by atoms with Gasteiger partial charge in [0.05, 0.1) is 12.5 Å².